The van der Waals surface area contributed by atoms with E-state index in [1.54, 1.807) is 0 Å². The van der Waals surface area contributed by atoms with E-state index < -0.39 is 0 Å². The van der Waals surface area contributed by atoms with Crippen molar-refractivity contribution in [1.82, 2.24) is 14.5 Å². The highest BCUT2D eigenvalue weighted by Crippen LogP contribution is 2.33. The molecule has 4 rings (SSSR count). The van der Waals surface area contributed by atoms with Gasteiger partial charge in [0.2, 0.25) is 0 Å². The Bertz CT molecular complexity index is 705. The van der Waals surface area contributed by atoms with E-state index in [0.717, 1.165) is 51.6 Å². The summed E-state index contributed by atoms with van der Waals surface area (Å²) >= 11 is 0. The van der Waals surface area contributed by atoms with Crippen LogP contribution in [-0.4, -0.2) is 59.5 Å². The molecule has 1 spiro atoms. The number of para-hydroxylation sites is 1. The van der Waals surface area contributed by atoms with E-state index >= 15 is 0 Å². The summed E-state index contributed by atoms with van der Waals surface area (Å²) in [5.74, 6) is 1.59. The maximum absolute atomic E-state index is 6.31. The molecule has 2 aliphatic rings. The van der Waals surface area contributed by atoms with Gasteiger partial charge in [0.05, 0.1) is 26.4 Å². The molecule has 2 aliphatic heterocycles. The van der Waals surface area contributed by atoms with Crippen LogP contribution in [0.5, 0.6) is 0 Å². The summed E-state index contributed by atoms with van der Waals surface area (Å²) in [5, 5.41) is 3.53. The van der Waals surface area contributed by atoms with Crippen LogP contribution in [0, 0.1) is 5.92 Å². The third-order valence-electron chi connectivity index (χ3n) is 5.37. The van der Waals surface area contributed by atoms with Crippen molar-refractivity contribution < 1.29 is 9.47 Å². The minimum atomic E-state index is -0.190. The fourth-order valence-corrected chi connectivity index (χ4v) is 3.97. The number of aromatic nitrogens is 2. The fraction of sp³-hybridized carbons (Fsp3) is 0.550. The van der Waals surface area contributed by atoms with Gasteiger partial charge in [0.1, 0.15) is 11.4 Å². The second-order valence-corrected chi connectivity index (χ2v) is 7.53. The summed E-state index contributed by atoms with van der Waals surface area (Å²) in [6.45, 7) is 5.83. The Morgan fingerprint density at radius 2 is 2.19 bits per heavy atom. The van der Waals surface area contributed by atoms with Crippen LogP contribution < -0.4 is 5.32 Å². The zero-order chi connectivity index (χ0) is 17.8. The van der Waals surface area contributed by atoms with Crippen molar-refractivity contribution in [2.45, 2.75) is 18.6 Å². The smallest absolute Gasteiger partial charge is 0.122 e. The number of nitrogens with zero attached hydrogens (tertiary/aromatic N) is 3. The minimum absolute atomic E-state index is 0.190. The van der Waals surface area contributed by atoms with E-state index in [-0.39, 0.29) is 5.60 Å². The molecule has 2 aromatic rings. The van der Waals surface area contributed by atoms with E-state index in [1.807, 2.05) is 25.5 Å². The zero-order valence-electron chi connectivity index (χ0n) is 15.4. The van der Waals surface area contributed by atoms with E-state index in [1.165, 1.54) is 5.69 Å². The quantitative estimate of drug-likeness (QED) is 0.890. The predicted molar refractivity (Wildman–Crippen MR) is 101 cm³/mol. The molecule has 6 nitrogen and oxygen atoms in total. The minimum Gasteiger partial charge on any atom is -0.385 e. The molecule has 140 valence electrons. The van der Waals surface area contributed by atoms with Crippen molar-refractivity contribution in [2.24, 2.45) is 13.0 Å². The van der Waals surface area contributed by atoms with Crippen molar-refractivity contribution in [2.75, 3.05) is 44.8 Å². The van der Waals surface area contributed by atoms with Gasteiger partial charge >= 0.3 is 0 Å². The van der Waals surface area contributed by atoms with Crippen LogP contribution in [0.4, 0.5) is 5.69 Å². The van der Waals surface area contributed by atoms with Gasteiger partial charge in [-0.3, -0.25) is 4.90 Å². The van der Waals surface area contributed by atoms with Gasteiger partial charge in [-0.25, -0.2) is 4.98 Å². The first kappa shape index (κ1) is 17.5. The summed E-state index contributed by atoms with van der Waals surface area (Å²) in [7, 11) is 2.05. The SMILES string of the molecule is Cn1ccnc1CN1CCOC[C@]2(C[C@H](CNc3ccccc3)CO2)C1. The maximum Gasteiger partial charge on any atom is 0.122 e. The van der Waals surface area contributed by atoms with E-state index in [0.29, 0.717) is 12.5 Å². The van der Waals surface area contributed by atoms with Crippen molar-refractivity contribution in [3.8, 4) is 0 Å². The number of anilines is 1. The summed E-state index contributed by atoms with van der Waals surface area (Å²) in [6, 6.07) is 10.4. The van der Waals surface area contributed by atoms with Gasteiger partial charge in [-0.2, -0.15) is 0 Å². The van der Waals surface area contributed by atoms with E-state index in [2.05, 4.69) is 44.0 Å². The molecule has 6 heteroatoms. The summed E-state index contributed by atoms with van der Waals surface area (Å²) in [4.78, 5) is 6.88. The lowest BCUT2D eigenvalue weighted by molar-refractivity contribution is -0.0564. The van der Waals surface area contributed by atoms with Gasteiger partial charge in [0, 0.05) is 50.7 Å². The molecule has 0 radical (unpaired) electrons. The predicted octanol–water partition coefficient (Wildman–Crippen LogP) is 2.14. The lowest BCUT2D eigenvalue weighted by Gasteiger charge is -2.31. The first-order chi connectivity index (χ1) is 12.7. The van der Waals surface area contributed by atoms with Crippen LogP contribution in [0.25, 0.3) is 0 Å². The van der Waals surface area contributed by atoms with Gasteiger partial charge < -0.3 is 19.4 Å². The average Bonchev–Trinajstić information content (AvgIpc) is 3.18. The number of nitrogens with one attached hydrogen (secondary N) is 1. The molecule has 1 N–H and O–H groups in total. The molecule has 1 aromatic heterocycles. The molecule has 2 fully saturated rings. The molecule has 0 saturated carbocycles. The van der Waals surface area contributed by atoms with Crippen molar-refractivity contribution in [1.29, 1.82) is 0 Å². The summed E-state index contributed by atoms with van der Waals surface area (Å²) < 4.78 is 14.3. The Morgan fingerprint density at radius 3 is 3.00 bits per heavy atom. The second-order valence-electron chi connectivity index (χ2n) is 7.53. The molecular formula is C20H28N4O2. The molecule has 0 bridgehead atoms. The highest BCUT2D eigenvalue weighted by atomic mass is 16.5. The Labute approximate surface area is 155 Å². The number of benzene rings is 1. The summed E-state index contributed by atoms with van der Waals surface area (Å²) in [5.41, 5.74) is 0.979. The van der Waals surface area contributed by atoms with E-state index in [9.17, 15) is 0 Å². The van der Waals surface area contributed by atoms with Crippen LogP contribution in [0.3, 0.4) is 0 Å². The molecule has 0 aliphatic carbocycles. The highest BCUT2D eigenvalue weighted by Gasteiger charge is 2.43. The van der Waals surface area contributed by atoms with Crippen molar-refractivity contribution in [3.05, 3.63) is 48.5 Å². The standard InChI is InChI=1S/C20H28N4O2/c1-23-8-7-21-19(23)13-24-9-10-25-16-20(15-24)11-17(14-26-20)12-22-18-5-3-2-4-6-18/h2-8,17,22H,9-16H2,1H3/t17-,20+/m1/s1. The Hall–Kier alpha value is -1.89. The Morgan fingerprint density at radius 1 is 1.31 bits per heavy atom. The molecular weight excluding hydrogens is 328 g/mol. The van der Waals surface area contributed by atoms with Crippen molar-refractivity contribution in [3.63, 3.8) is 0 Å². The third kappa shape index (κ3) is 4.09. The third-order valence-corrected chi connectivity index (χ3v) is 5.37. The lowest BCUT2D eigenvalue weighted by atomic mass is 9.94. The van der Waals surface area contributed by atoms with Gasteiger partial charge in [-0.1, -0.05) is 18.2 Å². The van der Waals surface area contributed by atoms with Crippen LogP contribution in [0.2, 0.25) is 0 Å². The molecule has 26 heavy (non-hydrogen) atoms. The fourth-order valence-electron chi connectivity index (χ4n) is 3.97. The normalized spacial score (nSPS) is 26.9. The molecule has 2 atom stereocenters. The van der Waals surface area contributed by atoms with Crippen LogP contribution in [0.1, 0.15) is 12.2 Å². The topological polar surface area (TPSA) is 51.5 Å². The maximum atomic E-state index is 6.31. The lowest BCUT2D eigenvalue weighted by Crippen LogP contribution is -2.44. The Balaban J connectivity index is 1.35. The van der Waals surface area contributed by atoms with Gasteiger partial charge in [-0.15, -0.1) is 0 Å². The van der Waals surface area contributed by atoms with Crippen LogP contribution >= 0.6 is 0 Å². The number of imidazole rings is 1. The van der Waals surface area contributed by atoms with Crippen molar-refractivity contribution >= 4 is 5.69 Å². The molecule has 2 saturated heterocycles. The largest absolute Gasteiger partial charge is 0.385 e. The number of hydrogen-bond donors (Lipinski definition) is 1. The van der Waals surface area contributed by atoms with Gasteiger partial charge in [0.15, 0.2) is 0 Å². The monoisotopic (exact) mass is 356 g/mol. The van der Waals surface area contributed by atoms with Gasteiger partial charge in [-0.05, 0) is 18.6 Å². The van der Waals surface area contributed by atoms with Crippen LogP contribution in [-0.2, 0) is 23.1 Å². The molecule has 1 aromatic carbocycles. The number of aryl methyl sites for hydroxylation is 1. The summed E-state index contributed by atoms with van der Waals surface area (Å²) in [6.07, 6.45) is 4.89. The number of rotatable bonds is 5. The number of ether oxygens (including phenoxy) is 2. The Kier molecular flexibility index (Phi) is 5.24. The van der Waals surface area contributed by atoms with Crippen LogP contribution in [0.15, 0.2) is 42.7 Å². The highest BCUT2D eigenvalue weighted by molar-refractivity contribution is 5.42. The second kappa shape index (κ2) is 7.78. The first-order valence-electron chi connectivity index (χ1n) is 9.42. The first-order valence-corrected chi connectivity index (χ1v) is 9.42. The van der Waals surface area contributed by atoms with E-state index in [4.69, 9.17) is 9.47 Å². The zero-order valence-corrected chi connectivity index (χ0v) is 15.4. The number of hydrogen-bond acceptors (Lipinski definition) is 5. The molecule has 0 amide bonds. The molecule has 3 heterocycles. The average molecular weight is 356 g/mol. The molecule has 0 unspecified atom stereocenters. The van der Waals surface area contributed by atoms with Gasteiger partial charge in [0.25, 0.3) is 0 Å².